The zero-order valence-corrected chi connectivity index (χ0v) is 15.8. The van der Waals surface area contributed by atoms with E-state index in [-0.39, 0.29) is 64.3 Å². The van der Waals surface area contributed by atoms with Crippen molar-refractivity contribution < 1.29 is 60.4 Å². The SMILES string of the molecule is CC(C)=O.CC(C)=O.CC(C)=O.CC(C)=O.[Ru+3].[Ti+4]. The molecule has 0 unspecified atom stereocenters. The number of Topliss-reactive ketones (excluding diaryl/α,β-unsaturated/α-hetero) is 4. The van der Waals surface area contributed by atoms with Crippen molar-refractivity contribution in [2.75, 3.05) is 0 Å². The van der Waals surface area contributed by atoms with Gasteiger partial charge in [-0.05, 0) is 55.4 Å². The van der Waals surface area contributed by atoms with Crippen molar-refractivity contribution in [1.29, 1.82) is 0 Å². The largest absolute Gasteiger partial charge is 4.00 e. The molecule has 0 spiro atoms. The molecule has 6 heteroatoms. The first-order valence-corrected chi connectivity index (χ1v) is 4.82. The third kappa shape index (κ3) is 11600000. The summed E-state index contributed by atoms with van der Waals surface area (Å²) in [6.07, 6.45) is 0. The van der Waals surface area contributed by atoms with Crippen LogP contribution in [0.4, 0.5) is 0 Å². The molecule has 18 heavy (non-hydrogen) atoms. The molecule has 0 N–H and O–H groups in total. The average Bonchev–Trinajstić information content (AvgIpc) is 1.76. The maximum absolute atomic E-state index is 9.44. The molecule has 0 bridgehead atoms. The normalized spacial score (nSPS) is 5.78. The Balaban J connectivity index is -0.0000000257. The minimum atomic E-state index is 0. The van der Waals surface area contributed by atoms with Crippen LogP contribution >= 0.6 is 0 Å². The molecule has 0 aliphatic heterocycles. The van der Waals surface area contributed by atoms with E-state index in [1.165, 1.54) is 55.4 Å². The average molecular weight is 381 g/mol. The zero-order valence-electron chi connectivity index (χ0n) is 12.5. The van der Waals surface area contributed by atoms with Gasteiger partial charge in [0.1, 0.15) is 23.1 Å². The standard InChI is InChI=1S/4C3H6O.Ru.Ti/c4*1-3(2)4;;/h4*1-2H3;;/q;;;;+3;+4. The molecule has 0 aromatic carbocycles. The summed E-state index contributed by atoms with van der Waals surface area (Å²) in [5.74, 6) is 0.667. The molecule has 0 amide bonds. The number of hydrogen-bond acceptors (Lipinski definition) is 4. The van der Waals surface area contributed by atoms with E-state index in [1.54, 1.807) is 0 Å². The van der Waals surface area contributed by atoms with Gasteiger partial charge in [-0.1, -0.05) is 0 Å². The van der Waals surface area contributed by atoms with E-state index in [0.29, 0.717) is 0 Å². The first-order chi connectivity index (χ1) is 6.93. The van der Waals surface area contributed by atoms with Crippen molar-refractivity contribution >= 4 is 23.1 Å². The van der Waals surface area contributed by atoms with Crippen LogP contribution in [0.1, 0.15) is 55.4 Å². The van der Waals surface area contributed by atoms with Crippen LogP contribution < -0.4 is 0 Å². The summed E-state index contributed by atoms with van der Waals surface area (Å²) in [6, 6.07) is 0. The number of carbonyl (C=O) groups is 4. The summed E-state index contributed by atoms with van der Waals surface area (Å²) in [6.45, 7) is 12.2. The van der Waals surface area contributed by atoms with E-state index < -0.39 is 0 Å². The van der Waals surface area contributed by atoms with Gasteiger partial charge in [0.25, 0.3) is 0 Å². The van der Waals surface area contributed by atoms with Crippen molar-refractivity contribution in [3.05, 3.63) is 0 Å². The second kappa shape index (κ2) is 30.2. The van der Waals surface area contributed by atoms with Crippen LogP contribution in [-0.4, -0.2) is 23.1 Å². The summed E-state index contributed by atoms with van der Waals surface area (Å²) in [5, 5.41) is 0. The van der Waals surface area contributed by atoms with Crippen LogP contribution in [0.3, 0.4) is 0 Å². The first kappa shape index (κ1) is 36.1. The van der Waals surface area contributed by atoms with Gasteiger partial charge in [-0.3, -0.25) is 0 Å². The van der Waals surface area contributed by atoms with Gasteiger partial charge in [0.15, 0.2) is 0 Å². The van der Waals surface area contributed by atoms with E-state index in [9.17, 15) is 19.2 Å². The van der Waals surface area contributed by atoms with Crippen LogP contribution in [0, 0.1) is 0 Å². The van der Waals surface area contributed by atoms with Crippen molar-refractivity contribution in [3.8, 4) is 0 Å². The van der Waals surface area contributed by atoms with Crippen molar-refractivity contribution in [3.63, 3.8) is 0 Å². The minimum absolute atomic E-state index is 0. The van der Waals surface area contributed by atoms with Crippen LogP contribution in [0.2, 0.25) is 0 Å². The topological polar surface area (TPSA) is 68.3 Å². The van der Waals surface area contributed by atoms with Crippen molar-refractivity contribution in [1.82, 2.24) is 0 Å². The second-order valence-corrected chi connectivity index (χ2v) is 3.63. The van der Waals surface area contributed by atoms with Gasteiger partial charge in [0, 0.05) is 0 Å². The number of hydrogen-bond donors (Lipinski definition) is 0. The Bertz CT molecular complexity index is 164. The van der Waals surface area contributed by atoms with E-state index in [2.05, 4.69) is 0 Å². The molecule has 0 aromatic rings. The molecule has 0 aromatic heterocycles. The second-order valence-electron chi connectivity index (χ2n) is 3.63. The van der Waals surface area contributed by atoms with Crippen molar-refractivity contribution in [2.24, 2.45) is 0 Å². The fourth-order valence-corrected chi connectivity index (χ4v) is 0. The molecule has 0 heterocycles. The van der Waals surface area contributed by atoms with E-state index in [0.717, 1.165) is 0 Å². The Morgan fingerprint density at radius 3 is 0.444 bits per heavy atom. The molecule has 0 aliphatic rings. The summed E-state index contributed by atoms with van der Waals surface area (Å²) in [7, 11) is 0. The number of ketones is 4. The first-order valence-electron chi connectivity index (χ1n) is 4.82. The van der Waals surface area contributed by atoms with Gasteiger partial charge in [-0.25, -0.2) is 0 Å². The summed E-state index contributed by atoms with van der Waals surface area (Å²) in [5.41, 5.74) is 0. The smallest absolute Gasteiger partial charge is 0.300 e. The molecular formula is C12H24O4RuTi+7. The molecule has 4 nitrogen and oxygen atoms in total. The molecule has 0 saturated heterocycles. The van der Waals surface area contributed by atoms with Crippen LogP contribution in [0.25, 0.3) is 0 Å². The van der Waals surface area contributed by atoms with Gasteiger partial charge < -0.3 is 19.2 Å². The minimum Gasteiger partial charge on any atom is -0.300 e. The Labute approximate surface area is 138 Å². The molecule has 0 rings (SSSR count). The van der Waals surface area contributed by atoms with E-state index in [4.69, 9.17) is 0 Å². The van der Waals surface area contributed by atoms with Gasteiger partial charge in [0.2, 0.25) is 0 Å². The Morgan fingerprint density at radius 2 is 0.444 bits per heavy atom. The fourth-order valence-electron chi connectivity index (χ4n) is 0. The molecule has 101 valence electrons. The maximum atomic E-state index is 9.44. The molecular weight excluding hydrogens is 357 g/mol. The summed E-state index contributed by atoms with van der Waals surface area (Å²) >= 11 is 0. The Morgan fingerprint density at radius 1 is 0.444 bits per heavy atom. The van der Waals surface area contributed by atoms with Gasteiger partial charge >= 0.3 is 41.2 Å². The number of carbonyl (C=O) groups excluding carboxylic acids is 4. The quantitative estimate of drug-likeness (QED) is 0.605. The van der Waals surface area contributed by atoms with Crippen LogP contribution in [0.5, 0.6) is 0 Å². The predicted octanol–water partition coefficient (Wildman–Crippen LogP) is 2.38. The van der Waals surface area contributed by atoms with Crippen LogP contribution in [-0.2, 0) is 60.4 Å². The van der Waals surface area contributed by atoms with Crippen LogP contribution in [0.15, 0.2) is 0 Å². The fraction of sp³-hybridized carbons (Fsp3) is 0.667. The van der Waals surface area contributed by atoms with Gasteiger partial charge in [-0.15, -0.1) is 0 Å². The third-order valence-electron chi connectivity index (χ3n) is 0. The summed E-state index contributed by atoms with van der Waals surface area (Å²) < 4.78 is 0. The molecule has 1 radical (unpaired) electrons. The summed E-state index contributed by atoms with van der Waals surface area (Å²) in [4.78, 5) is 37.8. The van der Waals surface area contributed by atoms with Crippen molar-refractivity contribution in [2.45, 2.75) is 55.4 Å². The van der Waals surface area contributed by atoms with Gasteiger partial charge in [0.05, 0.1) is 0 Å². The van der Waals surface area contributed by atoms with E-state index >= 15 is 0 Å². The predicted molar refractivity (Wildman–Crippen MR) is 65.4 cm³/mol. The Hall–Kier alpha value is 0.0177. The van der Waals surface area contributed by atoms with Gasteiger partial charge in [-0.2, -0.15) is 0 Å². The zero-order chi connectivity index (χ0) is 14.3. The third-order valence-corrected chi connectivity index (χ3v) is 0. The number of rotatable bonds is 0. The Kier molecular flexibility index (Phi) is 60.7. The maximum Gasteiger partial charge on any atom is 4.00 e. The molecule has 0 fully saturated rings. The monoisotopic (exact) mass is 382 g/mol. The van der Waals surface area contributed by atoms with E-state index in [1.807, 2.05) is 0 Å². The molecule has 0 saturated carbocycles. The molecule has 0 aliphatic carbocycles. The molecule has 0 atom stereocenters.